The Morgan fingerprint density at radius 2 is 2.16 bits per heavy atom. The second kappa shape index (κ2) is 7.28. The van der Waals surface area contributed by atoms with E-state index in [0.29, 0.717) is 12.0 Å². The van der Waals surface area contributed by atoms with Crippen molar-refractivity contribution in [1.29, 1.82) is 0 Å². The summed E-state index contributed by atoms with van der Waals surface area (Å²) in [6.45, 7) is 3.03. The van der Waals surface area contributed by atoms with Gasteiger partial charge in [-0.05, 0) is 25.7 Å². The van der Waals surface area contributed by atoms with Crippen molar-refractivity contribution in [3.05, 3.63) is 12.4 Å². The summed E-state index contributed by atoms with van der Waals surface area (Å²) in [5.41, 5.74) is 0. The first-order valence-corrected chi connectivity index (χ1v) is 7.07. The maximum absolute atomic E-state index is 5.94. The van der Waals surface area contributed by atoms with E-state index < -0.39 is 0 Å². The van der Waals surface area contributed by atoms with Crippen LogP contribution in [-0.2, 0) is 4.74 Å². The van der Waals surface area contributed by atoms with Crippen LogP contribution in [0.25, 0.3) is 0 Å². The van der Waals surface area contributed by atoms with Gasteiger partial charge in [0.2, 0.25) is 5.88 Å². The molecule has 19 heavy (non-hydrogen) atoms. The fourth-order valence-corrected chi connectivity index (χ4v) is 2.35. The number of rotatable bonds is 6. The molecule has 1 N–H and O–H groups in total. The molecule has 5 nitrogen and oxygen atoms in total. The highest BCUT2D eigenvalue weighted by Crippen LogP contribution is 2.24. The van der Waals surface area contributed by atoms with Gasteiger partial charge in [0.25, 0.3) is 0 Å². The molecule has 1 fully saturated rings. The summed E-state index contributed by atoms with van der Waals surface area (Å²) in [5.74, 6) is 1.47. The molecule has 0 amide bonds. The number of methoxy groups -OCH3 is 1. The van der Waals surface area contributed by atoms with Gasteiger partial charge in [-0.1, -0.05) is 6.92 Å². The van der Waals surface area contributed by atoms with Crippen LogP contribution >= 0.6 is 0 Å². The smallest absolute Gasteiger partial charge is 0.218 e. The van der Waals surface area contributed by atoms with Crippen LogP contribution in [0.4, 0.5) is 5.82 Å². The van der Waals surface area contributed by atoms with E-state index in [4.69, 9.17) is 9.47 Å². The standard InChI is InChI=1S/C14H23N3O2/c1-3-7-15-13-9-14(17-10-16-13)19-12-6-4-5-11(8-12)18-2/h9-12H,3-8H2,1-2H3,(H,15,16,17). The lowest BCUT2D eigenvalue weighted by Gasteiger charge is -2.28. The molecule has 1 aliphatic rings. The monoisotopic (exact) mass is 265 g/mol. The first-order chi connectivity index (χ1) is 9.31. The molecule has 1 aromatic heterocycles. The lowest BCUT2D eigenvalue weighted by molar-refractivity contribution is 0.0195. The van der Waals surface area contributed by atoms with Crippen LogP contribution in [-0.4, -0.2) is 35.8 Å². The first kappa shape index (κ1) is 14.1. The molecule has 2 unspecified atom stereocenters. The largest absolute Gasteiger partial charge is 0.474 e. The molecule has 1 saturated carbocycles. The molecule has 1 aliphatic carbocycles. The molecule has 0 radical (unpaired) electrons. The number of hydrogen-bond acceptors (Lipinski definition) is 5. The molecule has 0 bridgehead atoms. The third-order valence-corrected chi connectivity index (χ3v) is 3.40. The molecule has 0 aromatic carbocycles. The lowest BCUT2D eigenvalue weighted by atomic mass is 9.95. The quantitative estimate of drug-likeness (QED) is 0.857. The Bertz CT molecular complexity index is 387. The van der Waals surface area contributed by atoms with E-state index in [2.05, 4.69) is 22.2 Å². The Kier molecular flexibility index (Phi) is 5.39. The van der Waals surface area contributed by atoms with Crippen LogP contribution < -0.4 is 10.1 Å². The van der Waals surface area contributed by atoms with Gasteiger partial charge in [0.05, 0.1) is 6.10 Å². The van der Waals surface area contributed by atoms with Crippen LogP contribution in [0, 0.1) is 0 Å². The van der Waals surface area contributed by atoms with E-state index in [-0.39, 0.29) is 6.10 Å². The number of ether oxygens (including phenoxy) is 2. The van der Waals surface area contributed by atoms with Gasteiger partial charge in [-0.3, -0.25) is 0 Å². The van der Waals surface area contributed by atoms with E-state index in [1.54, 1.807) is 13.4 Å². The zero-order valence-corrected chi connectivity index (χ0v) is 11.8. The van der Waals surface area contributed by atoms with Crippen molar-refractivity contribution in [2.45, 2.75) is 51.2 Å². The van der Waals surface area contributed by atoms with Crippen LogP contribution in [0.5, 0.6) is 5.88 Å². The highest BCUT2D eigenvalue weighted by Gasteiger charge is 2.23. The molecule has 0 saturated heterocycles. The van der Waals surface area contributed by atoms with Gasteiger partial charge in [-0.2, -0.15) is 0 Å². The number of anilines is 1. The summed E-state index contributed by atoms with van der Waals surface area (Å²) in [5, 5.41) is 3.24. The topological polar surface area (TPSA) is 56.3 Å². The fraction of sp³-hybridized carbons (Fsp3) is 0.714. The van der Waals surface area contributed by atoms with Crippen molar-refractivity contribution in [3.63, 3.8) is 0 Å². The Hall–Kier alpha value is -1.36. The van der Waals surface area contributed by atoms with Crippen molar-refractivity contribution in [2.24, 2.45) is 0 Å². The maximum atomic E-state index is 5.94. The average Bonchev–Trinajstić information content (AvgIpc) is 2.46. The summed E-state index contributed by atoms with van der Waals surface area (Å²) >= 11 is 0. The van der Waals surface area contributed by atoms with Gasteiger partial charge in [0, 0.05) is 26.1 Å². The fourth-order valence-electron chi connectivity index (χ4n) is 2.35. The second-order valence-electron chi connectivity index (χ2n) is 4.93. The zero-order valence-electron chi connectivity index (χ0n) is 11.8. The van der Waals surface area contributed by atoms with Gasteiger partial charge < -0.3 is 14.8 Å². The van der Waals surface area contributed by atoms with Crippen molar-refractivity contribution < 1.29 is 9.47 Å². The molecule has 2 rings (SSSR count). The third-order valence-electron chi connectivity index (χ3n) is 3.40. The molecule has 0 spiro atoms. The summed E-state index contributed by atoms with van der Waals surface area (Å²) in [6.07, 6.45) is 7.42. The average molecular weight is 265 g/mol. The van der Waals surface area contributed by atoms with E-state index >= 15 is 0 Å². The Morgan fingerprint density at radius 3 is 2.95 bits per heavy atom. The van der Waals surface area contributed by atoms with Crippen LogP contribution in [0.2, 0.25) is 0 Å². The minimum absolute atomic E-state index is 0.202. The van der Waals surface area contributed by atoms with Gasteiger partial charge in [-0.15, -0.1) is 0 Å². The Balaban J connectivity index is 1.90. The Labute approximate surface area is 114 Å². The molecule has 106 valence electrons. The number of hydrogen-bond donors (Lipinski definition) is 1. The summed E-state index contributed by atoms with van der Waals surface area (Å²) in [4.78, 5) is 8.35. The normalized spacial score (nSPS) is 23.1. The van der Waals surface area contributed by atoms with Crippen LogP contribution in [0.1, 0.15) is 39.0 Å². The van der Waals surface area contributed by atoms with E-state index in [1.165, 1.54) is 0 Å². The summed E-state index contributed by atoms with van der Waals surface area (Å²) in [7, 11) is 1.77. The number of aromatic nitrogens is 2. The number of nitrogens with one attached hydrogen (secondary N) is 1. The van der Waals surface area contributed by atoms with Crippen LogP contribution in [0.3, 0.4) is 0 Å². The molecule has 5 heteroatoms. The predicted octanol–water partition coefficient (Wildman–Crippen LogP) is 2.63. The van der Waals surface area contributed by atoms with E-state index in [9.17, 15) is 0 Å². The first-order valence-electron chi connectivity index (χ1n) is 7.07. The molecular weight excluding hydrogens is 242 g/mol. The molecular formula is C14H23N3O2. The summed E-state index contributed by atoms with van der Waals surface area (Å²) in [6, 6.07) is 1.87. The van der Waals surface area contributed by atoms with Crippen molar-refractivity contribution in [1.82, 2.24) is 9.97 Å². The predicted molar refractivity (Wildman–Crippen MR) is 74.5 cm³/mol. The van der Waals surface area contributed by atoms with Gasteiger partial charge in [-0.25, -0.2) is 9.97 Å². The second-order valence-corrected chi connectivity index (χ2v) is 4.93. The van der Waals surface area contributed by atoms with Gasteiger partial charge in [0.15, 0.2) is 0 Å². The molecule has 1 aromatic rings. The SMILES string of the molecule is CCCNc1cc(OC2CCCC(OC)C2)ncn1. The van der Waals surface area contributed by atoms with Gasteiger partial charge >= 0.3 is 0 Å². The minimum atomic E-state index is 0.202. The highest BCUT2D eigenvalue weighted by molar-refractivity contribution is 5.36. The molecule has 0 aliphatic heterocycles. The van der Waals surface area contributed by atoms with E-state index in [0.717, 1.165) is 44.5 Å². The van der Waals surface area contributed by atoms with E-state index in [1.807, 2.05) is 6.07 Å². The zero-order chi connectivity index (χ0) is 13.5. The molecule has 1 heterocycles. The van der Waals surface area contributed by atoms with Crippen molar-refractivity contribution in [3.8, 4) is 5.88 Å². The Morgan fingerprint density at radius 1 is 1.32 bits per heavy atom. The number of nitrogens with zero attached hydrogens (tertiary/aromatic N) is 2. The van der Waals surface area contributed by atoms with Gasteiger partial charge in [0.1, 0.15) is 18.2 Å². The van der Waals surface area contributed by atoms with Crippen molar-refractivity contribution >= 4 is 5.82 Å². The highest BCUT2D eigenvalue weighted by atomic mass is 16.5. The van der Waals surface area contributed by atoms with Crippen LogP contribution in [0.15, 0.2) is 12.4 Å². The molecule has 2 atom stereocenters. The summed E-state index contributed by atoms with van der Waals surface area (Å²) < 4.78 is 11.3. The van der Waals surface area contributed by atoms with Crippen molar-refractivity contribution in [2.75, 3.05) is 19.0 Å². The maximum Gasteiger partial charge on any atom is 0.218 e. The minimum Gasteiger partial charge on any atom is -0.474 e. The third kappa shape index (κ3) is 4.35. The lowest BCUT2D eigenvalue weighted by Crippen LogP contribution is -2.29.